The van der Waals surface area contributed by atoms with Gasteiger partial charge in [0.2, 0.25) is 5.91 Å². The van der Waals surface area contributed by atoms with Gasteiger partial charge in [-0.15, -0.1) is 0 Å². The van der Waals surface area contributed by atoms with Crippen LogP contribution in [0.15, 0.2) is 0 Å². The molecular weight excluding hydrogens is 242 g/mol. The van der Waals surface area contributed by atoms with Crippen LogP contribution in [0.4, 0.5) is 0 Å². The molecule has 0 radical (unpaired) electrons. The first-order valence-electron chi connectivity index (χ1n) is 5.71. The maximum atomic E-state index is 11.8. The molecule has 1 rings (SSSR count). The van der Waals surface area contributed by atoms with Crippen LogP contribution < -0.4 is 0 Å². The largest absolute Gasteiger partial charge is 0.481 e. The summed E-state index contributed by atoms with van der Waals surface area (Å²) in [5.74, 6) is 0.0874. The van der Waals surface area contributed by atoms with Gasteiger partial charge in [-0.25, -0.2) is 0 Å². The van der Waals surface area contributed by atoms with E-state index in [9.17, 15) is 9.59 Å². The van der Waals surface area contributed by atoms with Crippen LogP contribution in [0.1, 0.15) is 20.3 Å². The number of thioether (sulfide) groups is 1. The molecule has 6 heteroatoms. The average molecular weight is 261 g/mol. The molecule has 0 aromatic carbocycles. The van der Waals surface area contributed by atoms with Gasteiger partial charge in [0.05, 0.1) is 24.4 Å². The molecule has 0 unspecified atom stereocenters. The number of morpholine rings is 1. The molecule has 1 aliphatic heterocycles. The van der Waals surface area contributed by atoms with E-state index in [-0.39, 0.29) is 24.5 Å². The molecular formula is C11H19NO4S. The molecule has 1 saturated heterocycles. The fourth-order valence-electron chi connectivity index (χ4n) is 1.79. The Hall–Kier alpha value is -0.750. The Labute approximate surface area is 105 Å². The highest BCUT2D eigenvalue weighted by Gasteiger charge is 2.25. The van der Waals surface area contributed by atoms with Crippen LogP contribution in [0.2, 0.25) is 0 Å². The summed E-state index contributed by atoms with van der Waals surface area (Å²) >= 11 is 1.37. The van der Waals surface area contributed by atoms with Crippen LogP contribution in [0, 0.1) is 0 Å². The third kappa shape index (κ3) is 5.41. The van der Waals surface area contributed by atoms with E-state index < -0.39 is 5.97 Å². The minimum absolute atomic E-state index is 0.0717. The summed E-state index contributed by atoms with van der Waals surface area (Å²) in [7, 11) is 0. The molecule has 1 N–H and O–H groups in total. The first-order valence-corrected chi connectivity index (χ1v) is 6.87. The second kappa shape index (κ2) is 6.86. The topological polar surface area (TPSA) is 66.8 Å². The Balaban J connectivity index is 2.24. The van der Waals surface area contributed by atoms with Crippen molar-refractivity contribution in [2.24, 2.45) is 0 Å². The van der Waals surface area contributed by atoms with Crippen LogP contribution in [0.25, 0.3) is 0 Å². The lowest BCUT2D eigenvalue weighted by Crippen LogP contribution is -2.48. The number of rotatable bonds is 5. The predicted molar refractivity (Wildman–Crippen MR) is 66.2 cm³/mol. The molecule has 0 aromatic heterocycles. The van der Waals surface area contributed by atoms with Gasteiger partial charge in [0.1, 0.15) is 0 Å². The lowest BCUT2D eigenvalue weighted by molar-refractivity contribution is -0.140. The molecule has 1 heterocycles. The Morgan fingerprint density at radius 3 is 2.47 bits per heavy atom. The number of carboxylic acids is 1. The predicted octanol–water partition coefficient (Wildman–Crippen LogP) is 0.830. The van der Waals surface area contributed by atoms with Crippen LogP contribution in [-0.2, 0) is 14.3 Å². The molecule has 17 heavy (non-hydrogen) atoms. The quantitative estimate of drug-likeness (QED) is 0.743. The van der Waals surface area contributed by atoms with Crippen molar-refractivity contribution >= 4 is 23.6 Å². The Bertz CT molecular complexity index is 275. The number of carbonyl (C=O) groups excluding carboxylic acids is 1. The van der Waals surface area contributed by atoms with Gasteiger partial charge in [-0.1, -0.05) is 0 Å². The van der Waals surface area contributed by atoms with E-state index in [0.717, 1.165) is 0 Å². The summed E-state index contributed by atoms with van der Waals surface area (Å²) in [6.45, 7) is 5.16. The molecule has 1 fully saturated rings. The zero-order chi connectivity index (χ0) is 12.8. The second-order valence-corrected chi connectivity index (χ2v) is 5.36. The van der Waals surface area contributed by atoms with Crippen molar-refractivity contribution in [1.29, 1.82) is 0 Å². The Morgan fingerprint density at radius 2 is 1.94 bits per heavy atom. The highest BCUT2D eigenvalue weighted by atomic mass is 32.2. The van der Waals surface area contributed by atoms with Crippen molar-refractivity contribution in [1.82, 2.24) is 4.90 Å². The third-order valence-electron chi connectivity index (χ3n) is 2.46. The van der Waals surface area contributed by atoms with Gasteiger partial charge in [-0.3, -0.25) is 9.59 Å². The average Bonchev–Trinajstić information content (AvgIpc) is 2.22. The molecule has 0 saturated carbocycles. The smallest absolute Gasteiger partial charge is 0.304 e. The minimum atomic E-state index is -0.821. The lowest BCUT2D eigenvalue weighted by atomic mass is 10.2. The zero-order valence-electron chi connectivity index (χ0n) is 10.2. The van der Waals surface area contributed by atoms with Crippen molar-refractivity contribution in [2.75, 3.05) is 24.6 Å². The first-order chi connectivity index (χ1) is 7.99. The summed E-state index contributed by atoms with van der Waals surface area (Å²) in [4.78, 5) is 23.9. The number of ether oxygens (including phenoxy) is 1. The fraction of sp³-hybridized carbons (Fsp3) is 0.818. The van der Waals surface area contributed by atoms with Gasteiger partial charge in [-0.05, 0) is 13.8 Å². The number of hydrogen-bond donors (Lipinski definition) is 1. The molecule has 5 nitrogen and oxygen atoms in total. The summed E-state index contributed by atoms with van der Waals surface area (Å²) in [5.41, 5.74) is 0. The van der Waals surface area contributed by atoms with Gasteiger partial charge in [-0.2, -0.15) is 11.8 Å². The van der Waals surface area contributed by atoms with Crippen molar-refractivity contribution in [3.63, 3.8) is 0 Å². The van der Waals surface area contributed by atoms with E-state index >= 15 is 0 Å². The van der Waals surface area contributed by atoms with Crippen LogP contribution in [-0.4, -0.2) is 58.7 Å². The summed E-state index contributed by atoms with van der Waals surface area (Å²) < 4.78 is 5.55. The maximum Gasteiger partial charge on any atom is 0.304 e. The SMILES string of the molecule is C[C@@H]1CN(C(=O)CSCCC(=O)O)C[C@H](C)O1. The number of hydrogen-bond acceptors (Lipinski definition) is 4. The van der Waals surface area contributed by atoms with Gasteiger partial charge >= 0.3 is 5.97 Å². The molecule has 0 aliphatic carbocycles. The van der Waals surface area contributed by atoms with Crippen molar-refractivity contribution in [2.45, 2.75) is 32.5 Å². The minimum Gasteiger partial charge on any atom is -0.481 e. The lowest BCUT2D eigenvalue weighted by Gasteiger charge is -2.35. The maximum absolute atomic E-state index is 11.8. The molecule has 1 amide bonds. The van der Waals surface area contributed by atoms with Crippen molar-refractivity contribution in [3.8, 4) is 0 Å². The normalized spacial score (nSPS) is 24.7. The van der Waals surface area contributed by atoms with Gasteiger partial charge in [0.15, 0.2) is 0 Å². The number of nitrogens with zero attached hydrogens (tertiary/aromatic N) is 1. The summed E-state index contributed by atoms with van der Waals surface area (Å²) in [6.07, 6.45) is 0.256. The van der Waals surface area contributed by atoms with Crippen molar-refractivity contribution in [3.05, 3.63) is 0 Å². The zero-order valence-corrected chi connectivity index (χ0v) is 11.0. The van der Waals surface area contributed by atoms with E-state index in [0.29, 0.717) is 24.6 Å². The first kappa shape index (κ1) is 14.3. The molecule has 98 valence electrons. The van der Waals surface area contributed by atoms with Crippen LogP contribution >= 0.6 is 11.8 Å². The molecule has 0 aromatic rings. The second-order valence-electron chi connectivity index (χ2n) is 4.25. The van der Waals surface area contributed by atoms with E-state index in [4.69, 9.17) is 9.84 Å². The van der Waals surface area contributed by atoms with Crippen LogP contribution in [0.3, 0.4) is 0 Å². The number of carboxylic acid groups (broad SMARTS) is 1. The van der Waals surface area contributed by atoms with Crippen LogP contribution in [0.5, 0.6) is 0 Å². The van der Waals surface area contributed by atoms with E-state index in [1.54, 1.807) is 4.90 Å². The van der Waals surface area contributed by atoms with Gasteiger partial charge < -0.3 is 14.7 Å². The third-order valence-corrected chi connectivity index (χ3v) is 3.40. The molecule has 0 bridgehead atoms. The standard InChI is InChI=1S/C11H19NO4S/c1-8-5-12(6-9(2)16-8)10(13)7-17-4-3-11(14)15/h8-9H,3-7H2,1-2H3,(H,14,15)/t8-,9+. The van der Waals surface area contributed by atoms with E-state index in [2.05, 4.69) is 0 Å². The molecule has 0 spiro atoms. The number of aliphatic carboxylic acids is 1. The fourth-order valence-corrected chi connectivity index (χ4v) is 2.61. The number of carbonyl (C=O) groups is 2. The molecule has 2 atom stereocenters. The van der Waals surface area contributed by atoms with Gasteiger partial charge in [0.25, 0.3) is 0 Å². The number of amides is 1. The van der Waals surface area contributed by atoms with Crippen molar-refractivity contribution < 1.29 is 19.4 Å². The summed E-state index contributed by atoms with van der Waals surface area (Å²) in [6, 6.07) is 0. The van der Waals surface area contributed by atoms with E-state index in [1.807, 2.05) is 13.8 Å². The van der Waals surface area contributed by atoms with Gasteiger partial charge in [0, 0.05) is 18.8 Å². The van der Waals surface area contributed by atoms with E-state index in [1.165, 1.54) is 11.8 Å². The molecule has 1 aliphatic rings. The summed E-state index contributed by atoms with van der Waals surface area (Å²) in [5, 5.41) is 8.47. The Kier molecular flexibility index (Phi) is 5.77. The Morgan fingerprint density at radius 1 is 1.35 bits per heavy atom. The monoisotopic (exact) mass is 261 g/mol. The highest BCUT2D eigenvalue weighted by Crippen LogP contribution is 2.13. The highest BCUT2D eigenvalue weighted by molar-refractivity contribution is 7.99.